The van der Waals surface area contributed by atoms with Gasteiger partial charge in [-0.25, -0.2) is 5.43 Å². The molecular formula is C21H22N4O4. The lowest BCUT2D eigenvalue weighted by Gasteiger charge is -2.20. The van der Waals surface area contributed by atoms with Crippen molar-refractivity contribution in [2.24, 2.45) is 11.0 Å². The molecule has 0 unspecified atom stereocenters. The van der Waals surface area contributed by atoms with Crippen LogP contribution in [-0.4, -0.2) is 23.0 Å². The third-order valence-corrected chi connectivity index (χ3v) is 4.87. The molecule has 3 rings (SSSR count). The molecule has 2 aromatic rings. The molecule has 2 aromatic carbocycles. The Hall–Kier alpha value is -3.55. The molecule has 1 fully saturated rings. The summed E-state index contributed by atoms with van der Waals surface area (Å²) in [6, 6.07) is 12.4. The standard InChI is InChI=1S/C21H22N4O4/c26-20(16-4-2-1-3-5-16)23-18-10-8-17(9-11-18)21(27)24-22-14-15-6-12-19(13-7-15)25(28)29/h6-14,16H,1-5H2,(H,23,26)(H,24,27)/b22-14+. The highest BCUT2D eigenvalue weighted by molar-refractivity contribution is 5.96. The highest BCUT2D eigenvalue weighted by Gasteiger charge is 2.21. The summed E-state index contributed by atoms with van der Waals surface area (Å²) in [6.07, 6.45) is 6.65. The monoisotopic (exact) mass is 394 g/mol. The first kappa shape index (κ1) is 20.2. The lowest BCUT2D eigenvalue weighted by molar-refractivity contribution is -0.384. The van der Waals surface area contributed by atoms with Gasteiger partial charge in [0.2, 0.25) is 5.91 Å². The number of non-ortho nitro benzene ring substituents is 1. The Morgan fingerprint density at radius 3 is 2.28 bits per heavy atom. The maximum atomic E-state index is 12.3. The number of nitrogens with one attached hydrogen (secondary N) is 2. The Labute approximate surface area is 168 Å². The fourth-order valence-electron chi connectivity index (χ4n) is 3.23. The maximum absolute atomic E-state index is 12.3. The van der Waals surface area contributed by atoms with E-state index in [1.165, 1.54) is 36.9 Å². The van der Waals surface area contributed by atoms with Crippen molar-refractivity contribution in [1.29, 1.82) is 0 Å². The SMILES string of the molecule is O=C(N/N=C/c1ccc([N+](=O)[O-])cc1)c1ccc(NC(=O)C2CCCCC2)cc1. The number of nitro benzene ring substituents is 1. The van der Waals surface area contributed by atoms with Gasteiger partial charge in [0.15, 0.2) is 0 Å². The molecule has 2 amide bonds. The molecule has 0 saturated heterocycles. The lowest BCUT2D eigenvalue weighted by atomic mass is 9.88. The summed E-state index contributed by atoms with van der Waals surface area (Å²) in [5.41, 5.74) is 4.08. The molecule has 8 nitrogen and oxygen atoms in total. The predicted molar refractivity (Wildman–Crippen MR) is 110 cm³/mol. The number of nitrogens with zero attached hydrogens (tertiary/aromatic N) is 2. The van der Waals surface area contributed by atoms with Crippen molar-refractivity contribution in [3.8, 4) is 0 Å². The van der Waals surface area contributed by atoms with E-state index < -0.39 is 10.8 Å². The summed E-state index contributed by atoms with van der Waals surface area (Å²) in [4.78, 5) is 34.6. The molecule has 0 atom stereocenters. The molecular weight excluding hydrogens is 372 g/mol. The molecule has 1 saturated carbocycles. The zero-order valence-electron chi connectivity index (χ0n) is 15.8. The fraction of sp³-hybridized carbons (Fsp3) is 0.286. The van der Waals surface area contributed by atoms with Crippen molar-refractivity contribution in [3.05, 3.63) is 69.8 Å². The Balaban J connectivity index is 1.51. The highest BCUT2D eigenvalue weighted by Crippen LogP contribution is 2.25. The average Bonchev–Trinajstić information content (AvgIpc) is 2.75. The maximum Gasteiger partial charge on any atom is 0.271 e. The van der Waals surface area contributed by atoms with Gasteiger partial charge in [0.05, 0.1) is 11.1 Å². The van der Waals surface area contributed by atoms with Gasteiger partial charge < -0.3 is 5.32 Å². The van der Waals surface area contributed by atoms with Crippen LogP contribution in [0.5, 0.6) is 0 Å². The average molecular weight is 394 g/mol. The van der Waals surface area contributed by atoms with Crippen molar-refractivity contribution >= 4 is 29.4 Å². The van der Waals surface area contributed by atoms with Crippen LogP contribution < -0.4 is 10.7 Å². The van der Waals surface area contributed by atoms with E-state index >= 15 is 0 Å². The molecule has 0 aliphatic heterocycles. The number of anilines is 1. The summed E-state index contributed by atoms with van der Waals surface area (Å²) in [6.45, 7) is 0. The second kappa shape index (κ2) is 9.59. The van der Waals surface area contributed by atoms with Gasteiger partial charge in [0.1, 0.15) is 0 Å². The molecule has 2 N–H and O–H groups in total. The highest BCUT2D eigenvalue weighted by atomic mass is 16.6. The number of hydrogen-bond donors (Lipinski definition) is 2. The van der Waals surface area contributed by atoms with E-state index in [1.807, 2.05) is 0 Å². The molecule has 29 heavy (non-hydrogen) atoms. The van der Waals surface area contributed by atoms with Gasteiger partial charge in [-0.3, -0.25) is 19.7 Å². The minimum absolute atomic E-state index is 0.0122. The number of nitro groups is 1. The van der Waals surface area contributed by atoms with Gasteiger partial charge in [0.25, 0.3) is 11.6 Å². The number of rotatable bonds is 6. The normalized spacial score (nSPS) is 14.5. The molecule has 1 aliphatic rings. The topological polar surface area (TPSA) is 114 Å². The minimum atomic E-state index is -0.482. The first-order valence-electron chi connectivity index (χ1n) is 9.52. The zero-order chi connectivity index (χ0) is 20.6. The van der Waals surface area contributed by atoms with Gasteiger partial charge in [0, 0.05) is 29.3 Å². The van der Waals surface area contributed by atoms with Crippen molar-refractivity contribution in [2.45, 2.75) is 32.1 Å². The number of hydrazone groups is 1. The van der Waals surface area contributed by atoms with E-state index in [-0.39, 0.29) is 17.5 Å². The molecule has 0 spiro atoms. The molecule has 0 bridgehead atoms. The Kier molecular flexibility index (Phi) is 6.67. The van der Waals surface area contributed by atoms with Crippen molar-refractivity contribution in [2.75, 3.05) is 5.32 Å². The quantitative estimate of drug-likeness (QED) is 0.440. The van der Waals surface area contributed by atoms with E-state index in [2.05, 4.69) is 15.8 Å². The summed E-state index contributed by atoms with van der Waals surface area (Å²) in [5.74, 6) is -0.289. The first-order chi connectivity index (χ1) is 14.0. The smallest absolute Gasteiger partial charge is 0.271 e. The van der Waals surface area contributed by atoms with Crippen LogP contribution in [0.1, 0.15) is 48.0 Å². The van der Waals surface area contributed by atoms with Gasteiger partial charge >= 0.3 is 0 Å². The van der Waals surface area contributed by atoms with Crippen molar-refractivity contribution in [1.82, 2.24) is 5.43 Å². The summed E-state index contributed by atoms with van der Waals surface area (Å²) in [7, 11) is 0. The minimum Gasteiger partial charge on any atom is -0.326 e. The van der Waals surface area contributed by atoms with Crippen molar-refractivity contribution in [3.63, 3.8) is 0 Å². The number of benzene rings is 2. The summed E-state index contributed by atoms with van der Waals surface area (Å²) < 4.78 is 0. The van der Waals surface area contributed by atoms with Gasteiger partial charge in [-0.1, -0.05) is 19.3 Å². The number of carbonyl (C=O) groups is 2. The fourth-order valence-corrected chi connectivity index (χ4v) is 3.23. The molecule has 0 heterocycles. The van der Waals surface area contributed by atoms with Crippen LogP contribution in [0.25, 0.3) is 0 Å². The van der Waals surface area contributed by atoms with Crippen LogP contribution >= 0.6 is 0 Å². The molecule has 0 aromatic heterocycles. The van der Waals surface area contributed by atoms with E-state index in [4.69, 9.17) is 0 Å². The van der Waals surface area contributed by atoms with Crippen LogP contribution in [0.3, 0.4) is 0 Å². The van der Waals surface area contributed by atoms with Crippen molar-refractivity contribution < 1.29 is 14.5 Å². The molecule has 0 radical (unpaired) electrons. The zero-order valence-corrected chi connectivity index (χ0v) is 15.8. The second-order valence-corrected chi connectivity index (χ2v) is 6.95. The molecule has 150 valence electrons. The number of carbonyl (C=O) groups excluding carboxylic acids is 2. The second-order valence-electron chi connectivity index (χ2n) is 6.95. The Morgan fingerprint density at radius 1 is 1.00 bits per heavy atom. The predicted octanol–water partition coefficient (Wildman–Crippen LogP) is 3.88. The summed E-state index contributed by atoms with van der Waals surface area (Å²) in [5, 5.41) is 17.4. The van der Waals surface area contributed by atoms with Gasteiger partial charge in [-0.15, -0.1) is 0 Å². The van der Waals surface area contributed by atoms with E-state index in [0.29, 0.717) is 16.8 Å². The molecule has 8 heteroatoms. The van der Waals surface area contributed by atoms with Crippen LogP contribution in [0.4, 0.5) is 11.4 Å². The summed E-state index contributed by atoms with van der Waals surface area (Å²) >= 11 is 0. The number of hydrogen-bond acceptors (Lipinski definition) is 5. The Bertz CT molecular complexity index is 901. The number of amides is 2. The van der Waals surface area contributed by atoms with E-state index in [0.717, 1.165) is 25.7 Å². The van der Waals surface area contributed by atoms with Crippen LogP contribution in [-0.2, 0) is 4.79 Å². The van der Waals surface area contributed by atoms with E-state index in [9.17, 15) is 19.7 Å². The Morgan fingerprint density at radius 2 is 1.66 bits per heavy atom. The van der Waals surface area contributed by atoms with Crippen LogP contribution in [0, 0.1) is 16.0 Å². The molecule has 1 aliphatic carbocycles. The van der Waals surface area contributed by atoms with Gasteiger partial charge in [-0.2, -0.15) is 5.10 Å². The first-order valence-corrected chi connectivity index (χ1v) is 9.52. The largest absolute Gasteiger partial charge is 0.326 e. The third kappa shape index (κ3) is 5.71. The lowest BCUT2D eigenvalue weighted by Crippen LogP contribution is -2.24. The van der Waals surface area contributed by atoms with Crippen LogP contribution in [0.15, 0.2) is 53.6 Å². The van der Waals surface area contributed by atoms with Gasteiger partial charge in [-0.05, 0) is 54.8 Å². The van der Waals surface area contributed by atoms with Crippen LogP contribution in [0.2, 0.25) is 0 Å². The third-order valence-electron chi connectivity index (χ3n) is 4.87. The van der Waals surface area contributed by atoms with E-state index in [1.54, 1.807) is 24.3 Å².